The molecule has 2 aromatic rings. The molecule has 0 aliphatic carbocycles. The van der Waals surface area contributed by atoms with Crippen LogP contribution in [0.3, 0.4) is 0 Å². The van der Waals surface area contributed by atoms with Gasteiger partial charge in [0.15, 0.2) is 0 Å². The highest BCUT2D eigenvalue weighted by molar-refractivity contribution is 7.89. The highest BCUT2D eigenvalue weighted by Gasteiger charge is 2.10. The van der Waals surface area contributed by atoms with Crippen molar-refractivity contribution in [3.8, 4) is 11.5 Å². The van der Waals surface area contributed by atoms with Crippen LogP contribution in [-0.2, 0) is 10.0 Å². The molecule has 6 nitrogen and oxygen atoms in total. The molecule has 1 atom stereocenters. The topological polar surface area (TPSA) is 90.7 Å². The van der Waals surface area contributed by atoms with Crippen LogP contribution < -0.4 is 19.9 Å². The number of hydrogen-bond donors (Lipinski definition) is 2. The van der Waals surface area contributed by atoms with E-state index in [9.17, 15) is 8.42 Å². The van der Waals surface area contributed by atoms with Gasteiger partial charge in [0.05, 0.1) is 12.0 Å². The first-order valence-corrected chi connectivity index (χ1v) is 9.08. The van der Waals surface area contributed by atoms with Crippen molar-refractivity contribution in [2.75, 3.05) is 20.3 Å². The molecule has 0 radical (unpaired) electrons. The van der Waals surface area contributed by atoms with Crippen molar-refractivity contribution in [2.45, 2.75) is 17.9 Å². The maximum atomic E-state index is 11.2. The number of hydrogen-bond acceptors (Lipinski definition) is 5. The van der Waals surface area contributed by atoms with Crippen LogP contribution in [-0.4, -0.2) is 28.7 Å². The van der Waals surface area contributed by atoms with Crippen LogP contribution >= 0.6 is 0 Å². The van der Waals surface area contributed by atoms with E-state index in [1.54, 1.807) is 19.2 Å². The second-order valence-corrected chi connectivity index (χ2v) is 6.84. The number of para-hydroxylation sites is 1. The van der Waals surface area contributed by atoms with Crippen molar-refractivity contribution >= 4 is 10.0 Å². The third-order valence-electron chi connectivity index (χ3n) is 3.58. The number of nitrogens with two attached hydrogens (primary N) is 1. The highest BCUT2D eigenvalue weighted by atomic mass is 32.2. The van der Waals surface area contributed by atoms with Gasteiger partial charge in [-0.05, 0) is 37.3 Å². The van der Waals surface area contributed by atoms with E-state index in [0.29, 0.717) is 18.9 Å². The number of rotatable bonds is 8. The second-order valence-electron chi connectivity index (χ2n) is 5.28. The molecule has 0 saturated carbocycles. The van der Waals surface area contributed by atoms with Crippen molar-refractivity contribution in [1.82, 2.24) is 5.32 Å². The molecule has 0 aliphatic rings. The van der Waals surface area contributed by atoms with E-state index in [0.717, 1.165) is 11.3 Å². The van der Waals surface area contributed by atoms with Gasteiger partial charge >= 0.3 is 0 Å². The first-order chi connectivity index (χ1) is 11.4. The van der Waals surface area contributed by atoms with Crippen LogP contribution in [0.2, 0.25) is 0 Å². The molecule has 2 aromatic carbocycles. The SMILES string of the molecule is COc1ccccc1[C@H](C)NCCOc1ccc(S(N)(=O)=O)cc1. The summed E-state index contributed by atoms with van der Waals surface area (Å²) in [5, 5.41) is 8.41. The van der Waals surface area contributed by atoms with Gasteiger partial charge in [-0.1, -0.05) is 18.2 Å². The Hall–Kier alpha value is -2.09. The summed E-state index contributed by atoms with van der Waals surface area (Å²) in [7, 11) is -2.02. The van der Waals surface area contributed by atoms with Gasteiger partial charge < -0.3 is 14.8 Å². The molecular formula is C17H22N2O4S. The minimum atomic E-state index is -3.67. The fraction of sp³-hybridized carbons (Fsp3) is 0.294. The summed E-state index contributed by atoms with van der Waals surface area (Å²) in [6, 6.07) is 14.0. The molecule has 7 heteroatoms. The second kappa shape index (κ2) is 8.14. The molecule has 2 rings (SSSR count). The standard InChI is InChI=1S/C17H22N2O4S/c1-13(16-5-3-4-6-17(16)22-2)19-11-12-23-14-7-9-15(10-8-14)24(18,20)21/h3-10,13,19H,11-12H2,1-2H3,(H2,18,20,21)/t13-/m0/s1. The van der Waals surface area contributed by atoms with Gasteiger partial charge in [0.25, 0.3) is 0 Å². The molecule has 24 heavy (non-hydrogen) atoms. The Morgan fingerprint density at radius 3 is 2.42 bits per heavy atom. The van der Waals surface area contributed by atoms with Crippen LogP contribution in [0, 0.1) is 0 Å². The smallest absolute Gasteiger partial charge is 0.238 e. The molecule has 3 N–H and O–H groups in total. The summed E-state index contributed by atoms with van der Waals surface area (Å²) in [4.78, 5) is 0.0674. The molecule has 0 amide bonds. The fourth-order valence-electron chi connectivity index (χ4n) is 2.30. The quantitative estimate of drug-likeness (QED) is 0.711. The van der Waals surface area contributed by atoms with Gasteiger partial charge in [-0.3, -0.25) is 0 Å². The van der Waals surface area contributed by atoms with Gasteiger partial charge in [-0.25, -0.2) is 13.6 Å². The molecule has 130 valence electrons. The fourth-order valence-corrected chi connectivity index (χ4v) is 2.82. The number of sulfonamides is 1. The Morgan fingerprint density at radius 1 is 1.12 bits per heavy atom. The van der Waals surface area contributed by atoms with E-state index in [2.05, 4.69) is 12.2 Å². The maximum absolute atomic E-state index is 11.2. The number of benzene rings is 2. The van der Waals surface area contributed by atoms with E-state index < -0.39 is 10.0 Å². The highest BCUT2D eigenvalue weighted by Crippen LogP contribution is 2.24. The third-order valence-corrected chi connectivity index (χ3v) is 4.51. The summed E-state index contributed by atoms with van der Waals surface area (Å²) in [5.41, 5.74) is 1.08. The predicted molar refractivity (Wildman–Crippen MR) is 92.7 cm³/mol. The monoisotopic (exact) mass is 350 g/mol. The Bertz CT molecular complexity index is 760. The van der Waals surface area contributed by atoms with Gasteiger partial charge in [0.2, 0.25) is 10.0 Å². The van der Waals surface area contributed by atoms with Crippen LogP contribution in [0.5, 0.6) is 11.5 Å². The first kappa shape index (κ1) is 18.3. The number of methoxy groups -OCH3 is 1. The van der Waals surface area contributed by atoms with Crippen molar-refractivity contribution in [3.63, 3.8) is 0 Å². The summed E-state index contributed by atoms with van der Waals surface area (Å²) in [6.07, 6.45) is 0. The average Bonchev–Trinajstić information content (AvgIpc) is 2.58. The summed E-state index contributed by atoms with van der Waals surface area (Å²) < 4.78 is 33.3. The molecule has 0 bridgehead atoms. The zero-order valence-electron chi connectivity index (χ0n) is 13.7. The minimum Gasteiger partial charge on any atom is -0.496 e. The van der Waals surface area contributed by atoms with Crippen LogP contribution in [0.15, 0.2) is 53.4 Å². The Kier molecular flexibility index (Phi) is 6.19. The van der Waals surface area contributed by atoms with E-state index in [4.69, 9.17) is 14.6 Å². The van der Waals surface area contributed by atoms with Crippen molar-refractivity contribution in [3.05, 3.63) is 54.1 Å². The van der Waals surface area contributed by atoms with Crippen molar-refractivity contribution in [1.29, 1.82) is 0 Å². The van der Waals surface area contributed by atoms with Crippen molar-refractivity contribution < 1.29 is 17.9 Å². The van der Waals surface area contributed by atoms with E-state index in [1.165, 1.54) is 12.1 Å². The van der Waals surface area contributed by atoms with Crippen LogP contribution in [0.1, 0.15) is 18.5 Å². The molecule has 0 fully saturated rings. The molecule has 0 saturated heterocycles. The number of nitrogens with one attached hydrogen (secondary N) is 1. The Morgan fingerprint density at radius 2 is 1.79 bits per heavy atom. The number of primary sulfonamides is 1. The molecular weight excluding hydrogens is 328 g/mol. The van der Waals surface area contributed by atoms with Gasteiger partial charge in [0, 0.05) is 18.2 Å². The number of ether oxygens (including phenoxy) is 2. The van der Waals surface area contributed by atoms with Crippen molar-refractivity contribution in [2.24, 2.45) is 5.14 Å². The van der Waals surface area contributed by atoms with Crippen LogP contribution in [0.25, 0.3) is 0 Å². The van der Waals surface area contributed by atoms with Gasteiger partial charge in [-0.2, -0.15) is 0 Å². The average molecular weight is 350 g/mol. The van der Waals surface area contributed by atoms with E-state index in [1.807, 2.05) is 24.3 Å². The first-order valence-electron chi connectivity index (χ1n) is 7.54. The Balaban J connectivity index is 1.82. The lowest BCUT2D eigenvalue weighted by Gasteiger charge is -2.17. The minimum absolute atomic E-state index is 0.0674. The zero-order chi connectivity index (χ0) is 17.6. The van der Waals surface area contributed by atoms with Gasteiger partial charge in [-0.15, -0.1) is 0 Å². The van der Waals surface area contributed by atoms with E-state index in [-0.39, 0.29) is 10.9 Å². The lowest BCUT2D eigenvalue weighted by molar-refractivity contribution is 0.306. The molecule has 0 aromatic heterocycles. The molecule has 0 unspecified atom stereocenters. The van der Waals surface area contributed by atoms with E-state index >= 15 is 0 Å². The Labute approximate surface area is 142 Å². The molecule has 0 heterocycles. The lowest BCUT2D eigenvalue weighted by atomic mass is 10.1. The summed E-state index contributed by atoms with van der Waals surface area (Å²) in [6.45, 7) is 3.14. The summed E-state index contributed by atoms with van der Waals surface area (Å²) in [5.74, 6) is 1.44. The van der Waals surface area contributed by atoms with Crippen LogP contribution in [0.4, 0.5) is 0 Å². The van der Waals surface area contributed by atoms with Gasteiger partial charge in [0.1, 0.15) is 18.1 Å². The third kappa shape index (κ3) is 4.95. The molecule has 0 spiro atoms. The summed E-state index contributed by atoms with van der Waals surface area (Å²) >= 11 is 0. The normalized spacial score (nSPS) is 12.6. The molecule has 0 aliphatic heterocycles. The zero-order valence-corrected chi connectivity index (χ0v) is 14.5. The predicted octanol–water partition coefficient (Wildman–Crippen LogP) is 2.07. The largest absolute Gasteiger partial charge is 0.496 e. The lowest BCUT2D eigenvalue weighted by Crippen LogP contribution is -2.24. The maximum Gasteiger partial charge on any atom is 0.238 e.